The Kier molecular flexibility index (Phi) is 4.22. The molecule has 2 atom stereocenters. The summed E-state index contributed by atoms with van der Waals surface area (Å²) in [7, 11) is 1.41. The molecule has 0 bridgehead atoms. The summed E-state index contributed by atoms with van der Waals surface area (Å²) >= 11 is 0. The van der Waals surface area contributed by atoms with E-state index in [1.165, 1.54) is 7.11 Å². The van der Waals surface area contributed by atoms with E-state index in [2.05, 4.69) is 17.5 Å². The Balaban J connectivity index is 3.03. The van der Waals surface area contributed by atoms with E-state index < -0.39 is 6.03 Å². The van der Waals surface area contributed by atoms with E-state index >= 15 is 0 Å². The Morgan fingerprint density at radius 1 is 1.37 bits per heavy atom. The third kappa shape index (κ3) is 2.57. The largest absolute Gasteiger partial charge is 0.469 e. The fourth-order valence-electron chi connectivity index (χ4n) is 2.96. The van der Waals surface area contributed by atoms with E-state index in [-0.39, 0.29) is 22.7 Å². The maximum atomic E-state index is 11.9. The number of amides is 2. The molecule has 6 heteroatoms. The lowest BCUT2D eigenvalue weighted by Crippen LogP contribution is -2.43. The fourth-order valence-corrected chi connectivity index (χ4v) is 2.96. The van der Waals surface area contributed by atoms with Crippen LogP contribution in [0.1, 0.15) is 40.5 Å². The van der Waals surface area contributed by atoms with Crippen molar-refractivity contribution in [1.82, 2.24) is 5.43 Å². The minimum atomic E-state index is -0.691. The zero-order valence-electron chi connectivity index (χ0n) is 12.2. The van der Waals surface area contributed by atoms with Gasteiger partial charge in [0.15, 0.2) is 0 Å². The van der Waals surface area contributed by atoms with E-state index in [1.807, 2.05) is 20.8 Å². The smallest absolute Gasteiger partial charge is 0.332 e. The van der Waals surface area contributed by atoms with Crippen molar-refractivity contribution in [2.45, 2.75) is 40.5 Å². The molecule has 108 valence electrons. The molecule has 1 saturated carbocycles. The lowest BCUT2D eigenvalue weighted by atomic mass is 9.63. The number of nitrogens with two attached hydrogens (primary N) is 1. The average molecular weight is 269 g/mol. The first kappa shape index (κ1) is 15.5. The number of urea groups is 1. The standard InChI is InChI=1S/C13H23N3O3/c1-8(15-16-11(14)18)13(4)7-6-9(10(17)19-5)12(13,2)3/h9H,6-7H2,1-5H3,(H3,14,16,18). The zero-order valence-corrected chi connectivity index (χ0v) is 12.2. The summed E-state index contributed by atoms with van der Waals surface area (Å²) in [5.74, 6) is -0.356. The minimum absolute atomic E-state index is 0.166. The molecule has 1 fully saturated rings. The predicted octanol–water partition coefficient (Wildman–Crippen LogP) is 1.65. The summed E-state index contributed by atoms with van der Waals surface area (Å²) in [6, 6.07) is -0.691. The fraction of sp³-hybridized carbons (Fsp3) is 0.769. The summed E-state index contributed by atoms with van der Waals surface area (Å²) < 4.78 is 4.87. The number of carbonyl (C=O) groups is 2. The molecular formula is C13H23N3O3. The number of methoxy groups -OCH3 is 1. The summed E-state index contributed by atoms with van der Waals surface area (Å²) in [5.41, 5.74) is 7.45. The molecule has 1 aliphatic rings. The number of hydrogen-bond acceptors (Lipinski definition) is 4. The second-order valence-corrected chi connectivity index (χ2v) is 5.84. The quantitative estimate of drug-likeness (QED) is 0.463. The Morgan fingerprint density at radius 3 is 2.42 bits per heavy atom. The number of rotatable bonds is 3. The number of nitrogens with one attached hydrogen (secondary N) is 1. The number of hydrogen-bond donors (Lipinski definition) is 2. The van der Waals surface area contributed by atoms with Gasteiger partial charge < -0.3 is 10.5 Å². The SMILES string of the molecule is COC(=O)C1CCC(C)(C(C)=NNC(N)=O)C1(C)C. The number of carbonyl (C=O) groups excluding carboxylic acids is 2. The molecule has 6 nitrogen and oxygen atoms in total. The van der Waals surface area contributed by atoms with E-state index in [0.29, 0.717) is 0 Å². The molecule has 19 heavy (non-hydrogen) atoms. The van der Waals surface area contributed by atoms with Gasteiger partial charge in [0, 0.05) is 11.1 Å². The van der Waals surface area contributed by atoms with Gasteiger partial charge >= 0.3 is 12.0 Å². The number of esters is 1. The molecule has 0 aliphatic heterocycles. The zero-order chi connectivity index (χ0) is 14.8. The van der Waals surface area contributed by atoms with Crippen molar-refractivity contribution in [1.29, 1.82) is 0 Å². The molecule has 1 rings (SSSR count). The van der Waals surface area contributed by atoms with E-state index in [9.17, 15) is 9.59 Å². The van der Waals surface area contributed by atoms with Crippen LogP contribution in [0.5, 0.6) is 0 Å². The highest BCUT2D eigenvalue weighted by Gasteiger charge is 2.56. The number of nitrogens with zero attached hydrogens (tertiary/aromatic N) is 1. The topological polar surface area (TPSA) is 93.8 Å². The first-order valence-electron chi connectivity index (χ1n) is 6.35. The highest BCUT2D eigenvalue weighted by Crippen LogP contribution is 2.56. The van der Waals surface area contributed by atoms with Crippen molar-refractivity contribution in [2.75, 3.05) is 7.11 Å². The van der Waals surface area contributed by atoms with Crippen LogP contribution in [0.25, 0.3) is 0 Å². The van der Waals surface area contributed by atoms with Crippen LogP contribution in [0.3, 0.4) is 0 Å². The van der Waals surface area contributed by atoms with Crippen molar-refractivity contribution < 1.29 is 14.3 Å². The molecule has 0 saturated heterocycles. The van der Waals surface area contributed by atoms with Gasteiger partial charge in [0.25, 0.3) is 0 Å². The van der Waals surface area contributed by atoms with Gasteiger partial charge in [-0.1, -0.05) is 20.8 Å². The van der Waals surface area contributed by atoms with E-state index in [1.54, 1.807) is 0 Å². The Bertz CT molecular complexity index is 417. The van der Waals surface area contributed by atoms with Crippen LogP contribution in [0.4, 0.5) is 4.79 Å². The molecular weight excluding hydrogens is 246 g/mol. The lowest BCUT2D eigenvalue weighted by molar-refractivity contribution is -0.149. The molecule has 2 amide bonds. The summed E-state index contributed by atoms with van der Waals surface area (Å²) in [6.07, 6.45) is 1.56. The van der Waals surface area contributed by atoms with Gasteiger partial charge in [-0.05, 0) is 25.2 Å². The number of primary amides is 1. The third-order valence-electron chi connectivity index (χ3n) is 4.84. The lowest BCUT2D eigenvalue weighted by Gasteiger charge is -2.40. The average Bonchev–Trinajstić information content (AvgIpc) is 2.57. The van der Waals surface area contributed by atoms with Crippen LogP contribution in [-0.4, -0.2) is 24.8 Å². The summed E-state index contributed by atoms with van der Waals surface area (Å²) in [4.78, 5) is 22.6. The molecule has 3 N–H and O–H groups in total. The van der Waals surface area contributed by atoms with Gasteiger partial charge in [-0.3, -0.25) is 4.79 Å². The maximum Gasteiger partial charge on any atom is 0.332 e. The number of hydrazone groups is 1. The normalized spacial score (nSPS) is 29.9. The molecule has 1 aliphatic carbocycles. The molecule has 0 aromatic heterocycles. The van der Waals surface area contributed by atoms with Crippen LogP contribution in [0.2, 0.25) is 0 Å². The van der Waals surface area contributed by atoms with Crippen LogP contribution in [0, 0.1) is 16.7 Å². The van der Waals surface area contributed by atoms with Crippen LogP contribution < -0.4 is 11.2 Å². The molecule has 0 spiro atoms. The third-order valence-corrected chi connectivity index (χ3v) is 4.84. The van der Waals surface area contributed by atoms with Crippen molar-refractivity contribution in [3.8, 4) is 0 Å². The van der Waals surface area contributed by atoms with Gasteiger partial charge in [-0.15, -0.1) is 0 Å². The minimum Gasteiger partial charge on any atom is -0.469 e. The van der Waals surface area contributed by atoms with E-state index in [0.717, 1.165) is 18.6 Å². The summed E-state index contributed by atoms with van der Waals surface area (Å²) in [6.45, 7) is 7.96. The van der Waals surface area contributed by atoms with Crippen LogP contribution >= 0.6 is 0 Å². The maximum absolute atomic E-state index is 11.9. The van der Waals surface area contributed by atoms with Crippen molar-refractivity contribution in [2.24, 2.45) is 27.6 Å². The second-order valence-electron chi connectivity index (χ2n) is 5.84. The van der Waals surface area contributed by atoms with Gasteiger partial charge in [-0.2, -0.15) is 5.10 Å². The molecule has 0 heterocycles. The first-order chi connectivity index (χ1) is 8.66. The van der Waals surface area contributed by atoms with Gasteiger partial charge in [0.2, 0.25) is 0 Å². The van der Waals surface area contributed by atoms with Crippen molar-refractivity contribution in [3.63, 3.8) is 0 Å². The van der Waals surface area contributed by atoms with Crippen LogP contribution in [-0.2, 0) is 9.53 Å². The van der Waals surface area contributed by atoms with Gasteiger partial charge in [0.1, 0.15) is 0 Å². The summed E-state index contributed by atoms with van der Waals surface area (Å²) in [5, 5.41) is 4.03. The predicted molar refractivity (Wildman–Crippen MR) is 72.5 cm³/mol. The van der Waals surface area contributed by atoms with E-state index in [4.69, 9.17) is 10.5 Å². The molecule has 0 radical (unpaired) electrons. The van der Waals surface area contributed by atoms with Crippen molar-refractivity contribution in [3.05, 3.63) is 0 Å². The Labute approximate surface area is 113 Å². The molecule has 2 unspecified atom stereocenters. The first-order valence-corrected chi connectivity index (χ1v) is 6.35. The molecule has 0 aromatic rings. The Morgan fingerprint density at radius 2 is 1.95 bits per heavy atom. The second kappa shape index (κ2) is 5.19. The van der Waals surface area contributed by atoms with Gasteiger partial charge in [0.05, 0.1) is 13.0 Å². The monoisotopic (exact) mass is 269 g/mol. The number of ether oxygens (including phenoxy) is 1. The van der Waals surface area contributed by atoms with Crippen LogP contribution in [0.15, 0.2) is 5.10 Å². The highest BCUT2D eigenvalue weighted by atomic mass is 16.5. The molecule has 0 aromatic carbocycles. The highest BCUT2D eigenvalue weighted by molar-refractivity contribution is 5.91. The van der Waals surface area contributed by atoms with Crippen molar-refractivity contribution >= 4 is 17.7 Å². The van der Waals surface area contributed by atoms with Gasteiger partial charge in [-0.25, -0.2) is 10.2 Å². The Hall–Kier alpha value is -1.59.